The fraction of sp³-hybridized carbons (Fsp3) is 0.435. The number of ether oxygens (including phenoxy) is 1. The van der Waals surface area contributed by atoms with Gasteiger partial charge in [-0.25, -0.2) is 4.98 Å². The Morgan fingerprint density at radius 3 is 2.50 bits per heavy atom. The molecule has 0 bridgehead atoms. The van der Waals surface area contributed by atoms with Gasteiger partial charge in [0.15, 0.2) is 5.65 Å². The monoisotopic (exact) mass is 423 g/mol. The van der Waals surface area contributed by atoms with E-state index >= 15 is 0 Å². The number of aromatic nitrogens is 3. The molecular weight excluding hydrogens is 398 g/mol. The van der Waals surface area contributed by atoms with Gasteiger partial charge in [-0.3, -0.25) is 0 Å². The number of rotatable bonds is 3. The van der Waals surface area contributed by atoms with Crippen molar-refractivity contribution in [3.63, 3.8) is 0 Å². The number of nitrogens with zero attached hydrogens (tertiary/aromatic N) is 5. The lowest BCUT2D eigenvalue weighted by atomic mass is 10.0. The van der Waals surface area contributed by atoms with Gasteiger partial charge >= 0.3 is 0 Å². The number of fused-ring (bicyclic) bond motifs is 1. The van der Waals surface area contributed by atoms with Crippen LogP contribution in [0.4, 0.5) is 11.8 Å². The minimum Gasteiger partial charge on any atom is -0.378 e. The first kappa shape index (κ1) is 19.5. The lowest BCUT2D eigenvalue weighted by Crippen LogP contribution is -2.40. The second kappa shape index (κ2) is 8.36. The number of hydrogen-bond acceptors (Lipinski definition) is 6. The van der Waals surface area contributed by atoms with E-state index in [9.17, 15) is 0 Å². The van der Waals surface area contributed by atoms with Gasteiger partial charge in [0.25, 0.3) is 0 Å². The molecule has 2 aliphatic rings. The Morgan fingerprint density at radius 1 is 0.933 bits per heavy atom. The van der Waals surface area contributed by atoms with E-state index in [1.165, 1.54) is 19.3 Å². The minimum atomic E-state index is 0.438. The summed E-state index contributed by atoms with van der Waals surface area (Å²) in [6.45, 7) is 6.36. The van der Waals surface area contributed by atoms with Crippen molar-refractivity contribution in [2.24, 2.45) is 0 Å². The highest BCUT2D eigenvalue weighted by Gasteiger charge is 2.24. The van der Waals surface area contributed by atoms with Crippen molar-refractivity contribution in [1.82, 2.24) is 15.0 Å². The Labute approximate surface area is 181 Å². The minimum absolute atomic E-state index is 0.438. The highest BCUT2D eigenvalue weighted by Crippen LogP contribution is 2.31. The average molecular weight is 424 g/mol. The molecule has 0 N–H and O–H groups in total. The van der Waals surface area contributed by atoms with Crippen molar-refractivity contribution in [3.8, 4) is 11.3 Å². The Morgan fingerprint density at radius 2 is 1.73 bits per heavy atom. The summed E-state index contributed by atoms with van der Waals surface area (Å²) in [5, 5.41) is 1.71. The molecule has 0 radical (unpaired) electrons. The molecule has 7 heteroatoms. The summed E-state index contributed by atoms with van der Waals surface area (Å²) in [6.07, 6.45) is 3.62. The quantitative estimate of drug-likeness (QED) is 0.615. The molecule has 4 heterocycles. The van der Waals surface area contributed by atoms with Gasteiger partial charge in [0, 0.05) is 36.3 Å². The predicted molar refractivity (Wildman–Crippen MR) is 121 cm³/mol. The number of piperidine rings is 1. The summed E-state index contributed by atoms with van der Waals surface area (Å²) in [5.74, 6) is 1.75. The Balaban J connectivity index is 1.63. The van der Waals surface area contributed by atoms with Crippen LogP contribution in [-0.2, 0) is 4.74 Å². The van der Waals surface area contributed by atoms with Crippen molar-refractivity contribution < 1.29 is 4.74 Å². The molecule has 6 nitrogen and oxygen atoms in total. The molecule has 1 atom stereocenters. The maximum Gasteiger partial charge on any atom is 0.229 e. The molecule has 2 saturated heterocycles. The van der Waals surface area contributed by atoms with Crippen molar-refractivity contribution in [2.45, 2.75) is 32.2 Å². The van der Waals surface area contributed by atoms with Crippen molar-refractivity contribution in [3.05, 3.63) is 41.4 Å². The van der Waals surface area contributed by atoms with Crippen LogP contribution in [-0.4, -0.2) is 53.8 Å². The molecule has 0 spiro atoms. The van der Waals surface area contributed by atoms with Crippen molar-refractivity contribution in [1.29, 1.82) is 0 Å². The number of pyridine rings is 1. The van der Waals surface area contributed by atoms with Gasteiger partial charge in [-0.2, -0.15) is 9.97 Å². The molecule has 0 amide bonds. The molecule has 2 aromatic heterocycles. The third-order valence-corrected chi connectivity index (χ3v) is 6.29. The van der Waals surface area contributed by atoms with Crippen LogP contribution >= 0.6 is 11.6 Å². The fourth-order valence-electron chi connectivity index (χ4n) is 4.30. The van der Waals surface area contributed by atoms with Crippen LogP contribution in [0.5, 0.6) is 0 Å². The van der Waals surface area contributed by atoms with E-state index in [0.717, 1.165) is 71.9 Å². The van der Waals surface area contributed by atoms with Crippen LogP contribution in [0, 0.1) is 0 Å². The molecular formula is C23H26ClN5O. The van der Waals surface area contributed by atoms with E-state index in [4.69, 9.17) is 31.3 Å². The number of morpholine rings is 1. The third-order valence-electron chi connectivity index (χ3n) is 6.04. The van der Waals surface area contributed by atoms with Crippen LogP contribution < -0.4 is 9.80 Å². The molecule has 2 fully saturated rings. The second-order valence-electron chi connectivity index (χ2n) is 8.06. The van der Waals surface area contributed by atoms with Crippen LogP contribution in [0.15, 0.2) is 36.4 Å². The lowest BCUT2D eigenvalue weighted by Gasteiger charge is -2.35. The number of halogens is 1. The SMILES string of the molecule is C[C@H]1CCCCN1c1nc(N2CCOCC2)c2ccc(-c3ccc(Cl)cc3)nc2n1. The van der Waals surface area contributed by atoms with Gasteiger partial charge in [0.05, 0.1) is 24.3 Å². The normalized spacial score (nSPS) is 20.0. The molecule has 1 aromatic carbocycles. The van der Waals surface area contributed by atoms with Gasteiger partial charge in [-0.05, 0) is 50.5 Å². The van der Waals surface area contributed by atoms with Gasteiger partial charge in [0.1, 0.15) is 5.82 Å². The van der Waals surface area contributed by atoms with E-state index in [2.05, 4.69) is 22.8 Å². The first-order valence-corrected chi connectivity index (χ1v) is 11.1. The van der Waals surface area contributed by atoms with Crippen molar-refractivity contribution >= 4 is 34.4 Å². The fourth-order valence-corrected chi connectivity index (χ4v) is 4.43. The predicted octanol–water partition coefficient (Wildman–Crippen LogP) is 4.56. The summed E-state index contributed by atoms with van der Waals surface area (Å²) >= 11 is 6.06. The third kappa shape index (κ3) is 3.82. The van der Waals surface area contributed by atoms with Gasteiger partial charge < -0.3 is 14.5 Å². The molecule has 30 heavy (non-hydrogen) atoms. The molecule has 156 valence electrons. The van der Waals surface area contributed by atoms with E-state index < -0.39 is 0 Å². The summed E-state index contributed by atoms with van der Waals surface area (Å²) in [5.41, 5.74) is 2.66. The molecule has 0 aliphatic carbocycles. The molecule has 0 saturated carbocycles. The largest absolute Gasteiger partial charge is 0.378 e. The molecule has 2 aliphatic heterocycles. The highest BCUT2D eigenvalue weighted by atomic mass is 35.5. The van der Waals surface area contributed by atoms with Crippen LogP contribution in [0.3, 0.4) is 0 Å². The summed E-state index contributed by atoms with van der Waals surface area (Å²) in [4.78, 5) is 19.5. The van der Waals surface area contributed by atoms with E-state index in [-0.39, 0.29) is 0 Å². The lowest BCUT2D eigenvalue weighted by molar-refractivity contribution is 0.122. The smallest absolute Gasteiger partial charge is 0.229 e. The Kier molecular flexibility index (Phi) is 5.44. The van der Waals surface area contributed by atoms with Gasteiger partial charge in [-0.15, -0.1) is 0 Å². The van der Waals surface area contributed by atoms with Gasteiger partial charge in [-0.1, -0.05) is 23.7 Å². The highest BCUT2D eigenvalue weighted by molar-refractivity contribution is 6.30. The number of benzene rings is 1. The van der Waals surface area contributed by atoms with Crippen molar-refractivity contribution in [2.75, 3.05) is 42.6 Å². The van der Waals surface area contributed by atoms with Gasteiger partial charge in [0.2, 0.25) is 5.95 Å². The summed E-state index contributed by atoms with van der Waals surface area (Å²) < 4.78 is 5.56. The van der Waals surface area contributed by atoms with E-state index in [1.807, 2.05) is 30.3 Å². The Hall–Kier alpha value is -2.44. The molecule has 3 aromatic rings. The topological polar surface area (TPSA) is 54.4 Å². The average Bonchev–Trinajstić information content (AvgIpc) is 2.79. The zero-order valence-electron chi connectivity index (χ0n) is 17.2. The zero-order chi connectivity index (χ0) is 20.5. The Bertz CT molecular complexity index is 1040. The van der Waals surface area contributed by atoms with Crippen LogP contribution in [0.25, 0.3) is 22.3 Å². The summed E-state index contributed by atoms with van der Waals surface area (Å²) in [7, 11) is 0. The van der Waals surface area contributed by atoms with Crippen LogP contribution in [0.1, 0.15) is 26.2 Å². The van der Waals surface area contributed by atoms with E-state index in [0.29, 0.717) is 6.04 Å². The second-order valence-corrected chi connectivity index (χ2v) is 8.50. The maximum atomic E-state index is 6.06. The maximum absolute atomic E-state index is 6.06. The number of hydrogen-bond donors (Lipinski definition) is 0. The van der Waals surface area contributed by atoms with E-state index in [1.54, 1.807) is 0 Å². The first-order valence-electron chi connectivity index (χ1n) is 10.7. The zero-order valence-corrected chi connectivity index (χ0v) is 18.0. The standard InChI is InChI=1S/C23H26ClN5O/c1-16-4-2-3-11-29(16)23-26-21-19(22(27-23)28-12-14-30-15-13-28)9-10-20(25-21)17-5-7-18(24)8-6-17/h5-10,16H,2-4,11-15H2,1H3/t16-/m0/s1. The molecule has 0 unspecified atom stereocenters. The first-order chi connectivity index (χ1) is 14.7. The molecule has 5 rings (SSSR count). The summed E-state index contributed by atoms with van der Waals surface area (Å²) in [6, 6.07) is 12.4. The number of anilines is 2. The van der Waals surface area contributed by atoms with Crippen LogP contribution in [0.2, 0.25) is 5.02 Å².